The lowest BCUT2D eigenvalue weighted by molar-refractivity contribution is 0.194. The summed E-state index contributed by atoms with van der Waals surface area (Å²) in [4.78, 5) is 2.57. The lowest BCUT2D eigenvalue weighted by Gasteiger charge is -2.28. The van der Waals surface area contributed by atoms with Crippen LogP contribution >= 0.6 is 0 Å². The van der Waals surface area contributed by atoms with Crippen LogP contribution in [0.3, 0.4) is 0 Å². The third kappa shape index (κ3) is 1.13. The summed E-state index contributed by atoms with van der Waals surface area (Å²) in [7, 11) is 0. The van der Waals surface area contributed by atoms with Crippen LogP contribution in [0, 0.1) is 23.2 Å². The Hall–Kier alpha value is -0.550. The fraction of sp³-hybridized carbons (Fsp3) is 0.900. The monoisotopic (exact) mass is 164 g/mol. The van der Waals surface area contributed by atoms with E-state index in [1.807, 2.05) is 0 Å². The van der Waals surface area contributed by atoms with Crippen molar-refractivity contribution >= 4 is 0 Å². The van der Waals surface area contributed by atoms with Gasteiger partial charge >= 0.3 is 0 Å². The zero-order chi connectivity index (χ0) is 8.55. The van der Waals surface area contributed by atoms with Gasteiger partial charge in [-0.25, -0.2) is 0 Å². The van der Waals surface area contributed by atoms with Gasteiger partial charge < -0.3 is 4.90 Å². The van der Waals surface area contributed by atoms with Crippen LogP contribution in [0.15, 0.2) is 0 Å². The number of nitriles is 1. The van der Waals surface area contributed by atoms with Crippen LogP contribution in [0.5, 0.6) is 0 Å². The largest absolute Gasteiger partial charge is 0.300 e. The van der Waals surface area contributed by atoms with Crippen LogP contribution < -0.4 is 0 Å². The van der Waals surface area contributed by atoms with Crippen LogP contribution in [-0.4, -0.2) is 24.0 Å². The zero-order valence-corrected chi connectivity index (χ0v) is 7.66. The Morgan fingerprint density at radius 3 is 2.83 bits per heavy atom. The van der Waals surface area contributed by atoms with E-state index in [0.29, 0.717) is 11.8 Å². The second-order valence-corrected chi connectivity index (χ2v) is 4.12. The number of hydrogen-bond acceptors (Lipinski definition) is 2. The van der Waals surface area contributed by atoms with Gasteiger partial charge in [-0.3, -0.25) is 0 Å². The minimum atomic E-state index is 0.378. The van der Waals surface area contributed by atoms with Crippen molar-refractivity contribution in [1.29, 1.82) is 5.26 Å². The number of hydrogen-bond donors (Lipinski definition) is 0. The molecule has 66 valence electrons. The highest BCUT2D eigenvalue weighted by atomic mass is 15.2. The summed E-state index contributed by atoms with van der Waals surface area (Å²) in [6, 6.07) is 3.18. The molecule has 2 aliphatic rings. The molecule has 0 spiro atoms. The Morgan fingerprint density at radius 2 is 2.33 bits per heavy atom. The van der Waals surface area contributed by atoms with Crippen LogP contribution in [0.25, 0.3) is 0 Å². The third-order valence-corrected chi connectivity index (χ3v) is 3.33. The predicted molar refractivity (Wildman–Crippen MR) is 47.5 cm³/mol. The van der Waals surface area contributed by atoms with Gasteiger partial charge in [0.15, 0.2) is 0 Å². The smallest absolute Gasteiger partial charge is 0.0659 e. The fourth-order valence-electron chi connectivity index (χ4n) is 2.76. The highest BCUT2D eigenvalue weighted by molar-refractivity contribution is 5.04. The zero-order valence-electron chi connectivity index (χ0n) is 7.66. The molecule has 3 unspecified atom stereocenters. The van der Waals surface area contributed by atoms with Crippen molar-refractivity contribution in [1.82, 2.24) is 4.90 Å². The normalized spacial score (nSPS) is 40.2. The van der Waals surface area contributed by atoms with Crippen molar-refractivity contribution in [3.8, 4) is 6.07 Å². The summed E-state index contributed by atoms with van der Waals surface area (Å²) < 4.78 is 0. The molecule has 2 nitrogen and oxygen atoms in total. The van der Waals surface area contributed by atoms with E-state index in [1.165, 1.54) is 25.9 Å². The van der Waals surface area contributed by atoms with Gasteiger partial charge in [-0.05, 0) is 31.7 Å². The Bertz CT molecular complexity index is 206. The average molecular weight is 164 g/mol. The first-order valence-electron chi connectivity index (χ1n) is 4.98. The maximum absolute atomic E-state index is 8.84. The van der Waals surface area contributed by atoms with E-state index in [-0.39, 0.29) is 0 Å². The molecule has 1 saturated heterocycles. The summed E-state index contributed by atoms with van der Waals surface area (Å²) in [5, 5.41) is 8.84. The number of nitrogens with zero attached hydrogens (tertiary/aromatic N) is 2. The summed E-state index contributed by atoms with van der Waals surface area (Å²) in [5.41, 5.74) is 0. The van der Waals surface area contributed by atoms with E-state index in [1.54, 1.807) is 0 Å². The first-order valence-corrected chi connectivity index (χ1v) is 4.98. The third-order valence-electron chi connectivity index (χ3n) is 3.33. The summed E-state index contributed by atoms with van der Waals surface area (Å²) in [5.74, 6) is 1.08. The van der Waals surface area contributed by atoms with Crippen LogP contribution in [0.4, 0.5) is 0 Å². The number of fused-ring (bicyclic) bond motifs is 2. The molecule has 2 fully saturated rings. The molecule has 0 amide bonds. The molecule has 1 aliphatic carbocycles. The van der Waals surface area contributed by atoms with Gasteiger partial charge in [-0.1, -0.05) is 6.92 Å². The van der Waals surface area contributed by atoms with Crippen LogP contribution in [0.2, 0.25) is 0 Å². The summed E-state index contributed by atoms with van der Waals surface area (Å²) in [6.45, 7) is 4.66. The van der Waals surface area contributed by atoms with Crippen molar-refractivity contribution in [3.63, 3.8) is 0 Å². The van der Waals surface area contributed by atoms with Gasteiger partial charge in [0.05, 0.1) is 12.0 Å². The lowest BCUT2D eigenvalue weighted by atomic mass is 9.96. The van der Waals surface area contributed by atoms with Gasteiger partial charge in [0, 0.05) is 12.6 Å². The highest BCUT2D eigenvalue weighted by Crippen LogP contribution is 2.41. The molecule has 2 bridgehead atoms. The second-order valence-electron chi connectivity index (χ2n) is 4.12. The van der Waals surface area contributed by atoms with E-state index >= 15 is 0 Å². The van der Waals surface area contributed by atoms with Crippen molar-refractivity contribution < 1.29 is 0 Å². The number of likely N-dealkylation sites (tertiary alicyclic amines) is 1. The molecular weight excluding hydrogens is 148 g/mol. The molecule has 0 aromatic rings. The quantitative estimate of drug-likeness (QED) is 0.620. The molecule has 1 aliphatic heterocycles. The minimum absolute atomic E-state index is 0.378. The molecule has 3 atom stereocenters. The molecule has 2 heteroatoms. The standard InChI is InChI=1S/C10H16N2/c1-2-3-12-7-9-5-10(12)4-8(9)6-11/h8-10H,2-5,7H2,1H3. The van der Waals surface area contributed by atoms with Gasteiger partial charge in [-0.2, -0.15) is 5.26 Å². The number of rotatable bonds is 2. The Balaban J connectivity index is 1.95. The molecule has 0 N–H and O–H groups in total. The number of piperidine rings is 1. The first kappa shape index (κ1) is 8.07. The lowest BCUT2D eigenvalue weighted by Crippen LogP contribution is -2.35. The van der Waals surface area contributed by atoms with Crippen molar-refractivity contribution in [3.05, 3.63) is 0 Å². The predicted octanol–water partition coefficient (Wildman–Crippen LogP) is 1.63. The minimum Gasteiger partial charge on any atom is -0.300 e. The van der Waals surface area contributed by atoms with Gasteiger partial charge in [0.2, 0.25) is 0 Å². The Kier molecular flexibility index (Phi) is 2.06. The molecule has 2 rings (SSSR count). The van der Waals surface area contributed by atoms with E-state index in [0.717, 1.165) is 12.5 Å². The fourth-order valence-corrected chi connectivity index (χ4v) is 2.76. The molecule has 12 heavy (non-hydrogen) atoms. The molecule has 0 aromatic carbocycles. The van der Waals surface area contributed by atoms with Crippen molar-refractivity contribution in [2.45, 2.75) is 32.2 Å². The van der Waals surface area contributed by atoms with Gasteiger partial charge in [0.1, 0.15) is 0 Å². The first-order chi connectivity index (χ1) is 5.85. The Morgan fingerprint density at radius 1 is 1.50 bits per heavy atom. The van der Waals surface area contributed by atoms with Crippen molar-refractivity contribution in [2.75, 3.05) is 13.1 Å². The molecule has 1 heterocycles. The van der Waals surface area contributed by atoms with Gasteiger partial charge in [0.25, 0.3) is 0 Å². The second kappa shape index (κ2) is 3.06. The topological polar surface area (TPSA) is 27.0 Å². The van der Waals surface area contributed by atoms with E-state index in [9.17, 15) is 0 Å². The molecular formula is C10H16N2. The van der Waals surface area contributed by atoms with E-state index < -0.39 is 0 Å². The summed E-state index contributed by atoms with van der Waals surface area (Å²) >= 11 is 0. The highest BCUT2D eigenvalue weighted by Gasteiger charge is 2.43. The van der Waals surface area contributed by atoms with Crippen LogP contribution in [0.1, 0.15) is 26.2 Å². The van der Waals surface area contributed by atoms with Crippen LogP contribution in [-0.2, 0) is 0 Å². The van der Waals surface area contributed by atoms with Gasteiger partial charge in [-0.15, -0.1) is 0 Å². The average Bonchev–Trinajstić information content (AvgIpc) is 2.62. The summed E-state index contributed by atoms with van der Waals surface area (Å²) in [6.07, 6.45) is 3.68. The molecule has 1 saturated carbocycles. The Labute approximate surface area is 74.2 Å². The van der Waals surface area contributed by atoms with Crippen molar-refractivity contribution in [2.24, 2.45) is 11.8 Å². The van der Waals surface area contributed by atoms with E-state index in [4.69, 9.17) is 5.26 Å². The maximum Gasteiger partial charge on any atom is 0.0659 e. The molecule has 0 aromatic heterocycles. The van der Waals surface area contributed by atoms with E-state index in [2.05, 4.69) is 17.9 Å². The molecule has 0 radical (unpaired) electrons. The maximum atomic E-state index is 8.84. The SMILES string of the molecule is CCCN1CC2CC1CC2C#N.